The van der Waals surface area contributed by atoms with Crippen molar-refractivity contribution in [2.24, 2.45) is 0 Å². The third-order valence-corrected chi connectivity index (χ3v) is 10.5. The Morgan fingerprint density at radius 1 is 0.345 bits per heavy atom. The molecule has 0 saturated carbocycles. The van der Waals surface area contributed by atoms with E-state index in [0.717, 1.165) is 89.9 Å². The van der Waals surface area contributed by atoms with Crippen molar-refractivity contribution in [3.05, 3.63) is 48.6 Å². The van der Waals surface area contributed by atoms with Crippen molar-refractivity contribution >= 4 is 17.9 Å². The smallest absolute Gasteiger partial charge is 0.306 e. The van der Waals surface area contributed by atoms with Crippen molar-refractivity contribution in [2.75, 3.05) is 13.2 Å². The molecule has 0 aromatic rings. The zero-order chi connectivity index (χ0) is 42.3. The third-order valence-electron chi connectivity index (χ3n) is 10.5. The molecule has 0 aromatic heterocycles. The highest BCUT2D eigenvalue weighted by Crippen LogP contribution is 2.14. The van der Waals surface area contributed by atoms with Gasteiger partial charge in [0, 0.05) is 19.3 Å². The molecule has 0 heterocycles. The van der Waals surface area contributed by atoms with E-state index in [0.29, 0.717) is 19.3 Å². The number of carbonyl (C=O) groups excluding carboxylic acids is 3. The minimum atomic E-state index is -0.781. The Morgan fingerprint density at radius 2 is 0.638 bits per heavy atom. The zero-order valence-electron chi connectivity index (χ0n) is 38.3. The number of ether oxygens (including phenoxy) is 3. The molecule has 0 fully saturated rings. The normalized spacial score (nSPS) is 12.4. The van der Waals surface area contributed by atoms with Crippen LogP contribution < -0.4 is 0 Å². The Kier molecular flexibility index (Phi) is 44.9. The lowest BCUT2D eigenvalue weighted by Crippen LogP contribution is -2.30. The maximum atomic E-state index is 12.7. The molecule has 1 atom stereocenters. The Labute approximate surface area is 358 Å². The van der Waals surface area contributed by atoms with Crippen LogP contribution in [0.3, 0.4) is 0 Å². The van der Waals surface area contributed by atoms with Gasteiger partial charge in [-0.15, -0.1) is 0 Å². The van der Waals surface area contributed by atoms with Crippen LogP contribution in [0.2, 0.25) is 0 Å². The van der Waals surface area contributed by atoms with E-state index in [4.69, 9.17) is 14.2 Å². The fraction of sp³-hybridized carbons (Fsp3) is 0.788. The molecule has 0 aliphatic rings. The molecule has 0 N–H and O–H groups in total. The van der Waals surface area contributed by atoms with Crippen LogP contribution >= 0.6 is 0 Å². The Morgan fingerprint density at radius 3 is 1.02 bits per heavy atom. The maximum absolute atomic E-state index is 12.7. The maximum Gasteiger partial charge on any atom is 0.306 e. The number of allylic oxidation sites excluding steroid dienone is 8. The van der Waals surface area contributed by atoms with E-state index >= 15 is 0 Å². The van der Waals surface area contributed by atoms with Crippen LogP contribution in [0.4, 0.5) is 0 Å². The summed E-state index contributed by atoms with van der Waals surface area (Å²) in [5.74, 6) is -0.907. The molecule has 0 aliphatic heterocycles. The summed E-state index contributed by atoms with van der Waals surface area (Å²) in [5.41, 5.74) is 0. The predicted molar refractivity (Wildman–Crippen MR) is 247 cm³/mol. The summed E-state index contributed by atoms with van der Waals surface area (Å²) < 4.78 is 16.7. The van der Waals surface area contributed by atoms with Gasteiger partial charge in [-0.05, 0) is 96.3 Å². The second-order valence-electron chi connectivity index (χ2n) is 16.4. The quantitative estimate of drug-likeness (QED) is 0.0264. The van der Waals surface area contributed by atoms with Crippen molar-refractivity contribution in [3.63, 3.8) is 0 Å². The first-order valence-corrected chi connectivity index (χ1v) is 24.6. The Hall–Kier alpha value is -2.63. The molecule has 0 radical (unpaired) electrons. The monoisotopic (exact) mass is 813 g/mol. The van der Waals surface area contributed by atoms with Gasteiger partial charge in [-0.2, -0.15) is 0 Å². The Balaban J connectivity index is 4.37. The lowest BCUT2D eigenvalue weighted by atomic mass is 10.1. The van der Waals surface area contributed by atoms with Gasteiger partial charge in [0.15, 0.2) is 6.10 Å². The lowest BCUT2D eigenvalue weighted by molar-refractivity contribution is -0.167. The van der Waals surface area contributed by atoms with Crippen molar-refractivity contribution in [1.29, 1.82) is 0 Å². The molecule has 0 amide bonds. The number of carbonyl (C=O) groups is 3. The topological polar surface area (TPSA) is 78.9 Å². The highest BCUT2D eigenvalue weighted by molar-refractivity contribution is 5.71. The molecule has 0 rings (SSSR count). The van der Waals surface area contributed by atoms with Crippen LogP contribution in [0.5, 0.6) is 0 Å². The largest absolute Gasteiger partial charge is 0.462 e. The van der Waals surface area contributed by atoms with Crippen molar-refractivity contribution in [3.8, 4) is 0 Å². The molecular formula is C52H92O6. The van der Waals surface area contributed by atoms with E-state index in [-0.39, 0.29) is 31.1 Å². The van der Waals surface area contributed by atoms with E-state index in [1.807, 2.05) is 0 Å². The summed E-state index contributed by atoms with van der Waals surface area (Å²) in [6.07, 6.45) is 55.2. The molecule has 6 heteroatoms. The zero-order valence-corrected chi connectivity index (χ0v) is 38.3. The average molecular weight is 813 g/mol. The minimum absolute atomic E-state index is 0.0829. The summed E-state index contributed by atoms with van der Waals surface area (Å²) in [7, 11) is 0. The molecule has 6 nitrogen and oxygen atoms in total. The lowest BCUT2D eigenvalue weighted by Gasteiger charge is -2.18. The van der Waals surface area contributed by atoms with Gasteiger partial charge in [0.25, 0.3) is 0 Å². The summed E-state index contributed by atoms with van der Waals surface area (Å²) in [6.45, 7) is 6.53. The molecule has 0 bridgehead atoms. The second-order valence-corrected chi connectivity index (χ2v) is 16.4. The van der Waals surface area contributed by atoms with Gasteiger partial charge < -0.3 is 14.2 Å². The van der Waals surface area contributed by atoms with Gasteiger partial charge >= 0.3 is 17.9 Å². The number of rotatable bonds is 44. The molecule has 336 valence electrons. The number of hydrogen-bond donors (Lipinski definition) is 0. The Bertz CT molecular complexity index is 1030. The first kappa shape index (κ1) is 55.4. The summed E-state index contributed by atoms with van der Waals surface area (Å²) >= 11 is 0. The first-order chi connectivity index (χ1) is 28.5. The molecule has 0 aliphatic carbocycles. The van der Waals surface area contributed by atoms with E-state index in [1.165, 1.54) is 116 Å². The minimum Gasteiger partial charge on any atom is -0.462 e. The standard InChI is InChI=1S/C52H92O6/c1-4-7-10-13-16-19-22-24-25-26-27-28-31-33-36-39-42-45-51(54)57-48-49(47-56-50(53)44-41-38-35-32-29-21-18-15-12-9-6-3)58-52(55)46-43-40-37-34-30-23-20-17-14-11-8-5-2/h15-20,24-25,49H,4-14,21-23,26-48H2,1-3H3/b18-15-,19-16-,20-17-,25-24-/t49-/m1/s1. The van der Waals surface area contributed by atoms with E-state index < -0.39 is 6.10 Å². The summed E-state index contributed by atoms with van der Waals surface area (Å²) in [4.78, 5) is 37.8. The van der Waals surface area contributed by atoms with Gasteiger partial charge in [0.1, 0.15) is 13.2 Å². The van der Waals surface area contributed by atoms with Crippen molar-refractivity contribution < 1.29 is 28.6 Å². The molecule has 0 unspecified atom stereocenters. The molecule has 0 aromatic carbocycles. The fourth-order valence-corrected chi connectivity index (χ4v) is 6.74. The third kappa shape index (κ3) is 44.5. The van der Waals surface area contributed by atoms with Crippen molar-refractivity contribution in [1.82, 2.24) is 0 Å². The number of unbranched alkanes of at least 4 members (excludes halogenated alkanes) is 25. The highest BCUT2D eigenvalue weighted by Gasteiger charge is 2.19. The molecular weight excluding hydrogens is 721 g/mol. The van der Waals surface area contributed by atoms with E-state index in [2.05, 4.69) is 69.4 Å². The summed E-state index contributed by atoms with van der Waals surface area (Å²) in [6, 6.07) is 0. The van der Waals surface area contributed by atoms with Crippen LogP contribution in [-0.4, -0.2) is 37.2 Å². The van der Waals surface area contributed by atoms with Crippen LogP contribution in [0.15, 0.2) is 48.6 Å². The van der Waals surface area contributed by atoms with Crippen LogP contribution in [-0.2, 0) is 28.6 Å². The van der Waals surface area contributed by atoms with Gasteiger partial charge in [-0.1, -0.05) is 179 Å². The van der Waals surface area contributed by atoms with E-state index in [9.17, 15) is 14.4 Å². The predicted octanol–water partition coefficient (Wildman–Crippen LogP) is 15.9. The SMILES string of the molecule is CCCC/C=C\CCCCCCCC(=O)OC[C@H](COC(=O)CCCCCCCCC/C=C\C/C=C\CCCCC)OC(=O)CCCCCCC/C=C\CCCCC. The van der Waals surface area contributed by atoms with Gasteiger partial charge in [-0.25, -0.2) is 0 Å². The van der Waals surface area contributed by atoms with Crippen LogP contribution in [0.25, 0.3) is 0 Å². The van der Waals surface area contributed by atoms with Crippen LogP contribution in [0, 0.1) is 0 Å². The first-order valence-electron chi connectivity index (χ1n) is 24.6. The molecule has 0 saturated heterocycles. The number of hydrogen-bond acceptors (Lipinski definition) is 6. The van der Waals surface area contributed by atoms with E-state index in [1.54, 1.807) is 0 Å². The number of esters is 3. The van der Waals surface area contributed by atoms with Gasteiger partial charge in [0.05, 0.1) is 0 Å². The molecule has 58 heavy (non-hydrogen) atoms. The molecule has 0 spiro atoms. The highest BCUT2D eigenvalue weighted by atomic mass is 16.6. The second kappa shape index (κ2) is 47.1. The summed E-state index contributed by atoms with van der Waals surface area (Å²) in [5, 5.41) is 0. The van der Waals surface area contributed by atoms with Crippen molar-refractivity contribution in [2.45, 2.75) is 252 Å². The van der Waals surface area contributed by atoms with Crippen LogP contribution in [0.1, 0.15) is 245 Å². The fourth-order valence-electron chi connectivity index (χ4n) is 6.74. The van der Waals surface area contributed by atoms with Gasteiger partial charge in [0.2, 0.25) is 0 Å². The average Bonchev–Trinajstić information content (AvgIpc) is 3.22. The van der Waals surface area contributed by atoms with Gasteiger partial charge in [-0.3, -0.25) is 14.4 Å².